The van der Waals surface area contributed by atoms with Crippen LogP contribution >= 0.6 is 0 Å². The highest BCUT2D eigenvalue weighted by Gasteiger charge is 2.30. The number of aryl methyl sites for hydroxylation is 1. The molecule has 1 aliphatic rings. The normalized spacial score (nSPS) is 20.2. The number of furan rings is 1. The first-order valence-electron chi connectivity index (χ1n) is 9.18. The Morgan fingerprint density at radius 3 is 2.80 bits per heavy atom. The number of rotatable bonds is 9. The van der Waals surface area contributed by atoms with Gasteiger partial charge in [-0.15, -0.1) is 0 Å². The molecule has 1 saturated heterocycles. The second-order valence-electron chi connectivity index (χ2n) is 6.66. The van der Waals surface area contributed by atoms with Gasteiger partial charge in [0, 0.05) is 32.2 Å². The molecule has 1 aromatic carbocycles. The molecule has 0 amide bonds. The van der Waals surface area contributed by atoms with Crippen molar-refractivity contribution >= 4 is 0 Å². The minimum Gasteiger partial charge on any atom is -0.465 e. The van der Waals surface area contributed by atoms with E-state index >= 15 is 0 Å². The molecular formula is C20H29N3O2. The van der Waals surface area contributed by atoms with E-state index in [1.54, 1.807) is 0 Å². The molecule has 0 aliphatic carbocycles. The number of hydrogen-bond donors (Lipinski definition) is 3. The van der Waals surface area contributed by atoms with Gasteiger partial charge in [0.15, 0.2) is 0 Å². The van der Waals surface area contributed by atoms with Crippen LogP contribution < -0.4 is 16.2 Å². The molecule has 1 fully saturated rings. The summed E-state index contributed by atoms with van der Waals surface area (Å²) in [7, 11) is 0. The Hall–Kier alpha value is -1.66. The smallest absolute Gasteiger partial charge is 0.122 e. The van der Waals surface area contributed by atoms with E-state index in [2.05, 4.69) is 53.4 Å². The molecule has 1 aromatic heterocycles. The molecule has 0 radical (unpaired) electrons. The molecule has 1 aliphatic heterocycles. The number of nitrogens with one attached hydrogen (secondary N) is 3. The first kappa shape index (κ1) is 18.1. The molecule has 2 unspecified atom stereocenters. The van der Waals surface area contributed by atoms with Gasteiger partial charge in [0.05, 0.1) is 12.6 Å². The predicted octanol–water partition coefficient (Wildman–Crippen LogP) is 3.07. The third kappa shape index (κ3) is 4.92. The Labute approximate surface area is 150 Å². The summed E-state index contributed by atoms with van der Waals surface area (Å²) in [5.41, 5.74) is 9.16. The fraction of sp³-hybridized carbons (Fsp3) is 0.500. The van der Waals surface area contributed by atoms with E-state index < -0.39 is 0 Å². The van der Waals surface area contributed by atoms with Crippen LogP contribution in [0.15, 0.2) is 40.8 Å². The fourth-order valence-electron chi connectivity index (χ4n) is 3.24. The van der Waals surface area contributed by atoms with Crippen LogP contribution in [0.4, 0.5) is 0 Å². The molecule has 3 N–H and O–H groups in total. The standard InChI is InChI=1S/C20H29N3O2/c1-3-10-24-14-17-7-5-4-6-16(17)11-21-12-18-13-22-23-20(18)19-9-8-15(2)25-19/h4-9,18,20-23H,3,10-14H2,1-2H3. The Morgan fingerprint density at radius 2 is 2.04 bits per heavy atom. The van der Waals surface area contributed by atoms with Crippen molar-refractivity contribution in [2.45, 2.75) is 39.5 Å². The van der Waals surface area contributed by atoms with Crippen molar-refractivity contribution in [3.63, 3.8) is 0 Å². The number of ether oxygens (including phenoxy) is 1. The molecule has 0 spiro atoms. The van der Waals surface area contributed by atoms with Gasteiger partial charge in [-0.1, -0.05) is 31.2 Å². The zero-order valence-corrected chi connectivity index (χ0v) is 15.2. The molecular weight excluding hydrogens is 314 g/mol. The SMILES string of the molecule is CCCOCc1ccccc1CNCC1CNNC1c1ccc(C)o1. The van der Waals surface area contributed by atoms with E-state index in [0.29, 0.717) is 12.5 Å². The summed E-state index contributed by atoms with van der Waals surface area (Å²) in [6, 6.07) is 12.8. The van der Waals surface area contributed by atoms with E-state index in [9.17, 15) is 0 Å². The van der Waals surface area contributed by atoms with Crippen LogP contribution in [-0.4, -0.2) is 19.7 Å². The Balaban J connectivity index is 1.52. The van der Waals surface area contributed by atoms with Crippen molar-refractivity contribution < 1.29 is 9.15 Å². The zero-order chi connectivity index (χ0) is 17.5. The van der Waals surface area contributed by atoms with E-state index in [0.717, 1.165) is 44.2 Å². The van der Waals surface area contributed by atoms with Crippen LogP contribution in [0.5, 0.6) is 0 Å². The summed E-state index contributed by atoms with van der Waals surface area (Å²) >= 11 is 0. The summed E-state index contributed by atoms with van der Waals surface area (Å²) in [6.45, 7) is 8.32. The maximum absolute atomic E-state index is 5.79. The topological polar surface area (TPSA) is 58.5 Å². The summed E-state index contributed by atoms with van der Waals surface area (Å²) in [4.78, 5) is 0. The minimum atomic E-state index is 0.212. The van der Waals surface area contributed by atoms with Gasteiger partial charge in [0.2, 0.25) is 0 Å². The largest absolute Gasteiger partial charge is 0.465 e. The van der Waals surface area contributed by atoms with Crippen molar-refractivity contribution in [2.24, 2.45) is 5.92 Å². The average molecular weight is 343 g/mol. The van der Waals surface area contributed by atoms with E-state index in [-0.39, 0.29) is 6.04 Å². The van der Waals surface area contributed by atoms with E-state index in [1.807, 2.05) is 13.0 Å². The quantitative estimate of drug-likeness (QED) is 0.611. The van der Waals surface area contributed by atoms with Gasteiger partial charge in [0.1, 0.15) is 11.5 Å². The highest BCUT2D eigenvalue weighted by atomic mass is 16.5. The van der Waals surface area contributed by atoms with Crippen LogP contribution in [0.2, 0.25) is 0 Å². The number of benzene rings is 1. The molecule has 5 heteroatoms. The summed E-state index contributed by atoms with van der Waals surface area (Å²) in [5.74, 6) is 2.41. The summed E-state index contributed by atoms with van der Waals surface area (Å²) in [5, 5.41) is 3.60. The zero-order valence-electron chi connectivity index (χ0n) is 15.2. The second kappa shape index (κ2) is 9.15. The Kier molecular flexibility index (Phi) is 6.64. The van der Waals surface area contributed by atoms with Gasteiger partial charge < -0.3 is 14.5 Å². The predicted molar refractivity (Wildman–Crippen MR) is 98.9 cm³/mol. The minimum absolute atomic E-state index is 0.212. The molecule has 136 valence electrons. The van der Waals surface area contributed by atoms with Crippen molar-refractivity contribution in [2.75, 3.05) is 19.7 Å². The van der Waals surface area contributed by atoms with Gasteiger partial charge in [-0.2, -0.15) is 0 Å². The van der Waals surface area contributed by atoms with Crippen molar-refractivity contribution in [1.82, 2.24) is 16.2 Å². The summed E-state index contributed by atoms with van der Waals surface area (Å²) < 4.78 is 11.5. The van der Waals surface area contributed by atoms with Crippen LogP contribution in [0.25, 0.3) is 0 Å². The Bertz CT molecular complexity index is 656. The highest BCUT2D eigenvalue weighted by Crippen LogP contribution is 2.26. The van der Waals surface area contributed by atoms with Crippen LogP contribution in [0, 0.1) is 12.8 Å². The van der Waals surface area contributed by atoms with Gasteiger partial charge >= 0.3 is 0 Å². The van der Waals surface area contributed by atoms with E-state index in [4.69, 9.17) is 9.15 Å². The Morgan fingerprint density at radius 1 is 1.20 bits per heavy atom. The van der Waals surface area contributed by atoms with Gasteiger partial charge in [-0.3, -0.25) is 5.43 Å². The first-order valence-corrected chi connectivity index (χ1v) is 9.18. The van der Waals surface area contributed by atoms with Crippen LogP contribution in [0.3, 0.4) is 0 Å². The molecule has 5 nitrogen and oxygen atoms in total. The van der Waals surface area contributed by atoms with Gasteiger partial charge in [-0.05, 0) is 36.6 Å². The van der Waals surface area contributed by atoms with E-state index in [1.165, 1.54) is 11.1 Å². The second-order valence-corrected chi connectivity index (χ2v) is 6.66. The van der Waals surface area contributed by atoms with Crippen molar-refractivity contribution in [1.29, 1.82) is 0 Å². The maximum Gasteiger partial charge on any atom is 0.122 e. The molecule has 0 bridgehead atoms. The van der Waals surface area contributed by atoms with Crippen LogP contribution in [-0.2, 0) is 17.9 Å². The van der Waals surface area contributed by atoms with Gasteiger partial charge in [-0.25, -0.2) is 5.43 Å². The lowest BCUT2D eigenvalue weighted by Gasteiger charge is -2.18. The third-order valence-corrected chi connectivity index (χ3v) is 4.61. The number of hydrazine groups is 1. The monoisotopic (exact) mass is 343 g/mol. The highest BCUT2D eigenvalue weighted by molar-refractivity contribution is 5.26. The average Bonchev–Trinajstić information content (AvgIpc) is 3.25. The molecule has 2 atom stereocenters. The summed E-state index contributed by atoms with van der Waals surface area (Å²) in [6.07, 6.45) is 1.05. The molecule has 2 heterocycles. The van der Waals surface area contributed by atoms with Crippen LogP contribution in [0.1, 0.15) is 42.0 Å². The molecule has 2 aromatic rings. The fourth-order valence-corrected chi connectivity index (χ4v) is 3.24. The number of hydrogen-bond acceptors (Lipinski definition) is 5. The molecule has 3 rings (SSSR count). The lowest BCUT2D eigenvalue weighted by Crippen LogP contribution is -2.28. The first-order chi connectivity index (χ1) is 12.3. The van der Waals surface area contributed by atoms with Crippen molar-refractivity contribution in [3.05, 3.63) is 59.0 Å². The maximum atomic E-state index is 5.79. The molecule has 25 heavy (non-hydrogen) atoms. The third-order valence-electron chi connectivity index (χ3n) is 4.61. The lowest BCUT2D eigenvalue weighted by atomic mass is 9.99. The molecule has 0 saturated carbocycles. The van der Waals surface area contributed by atoms with Gasteiger partial charge in [0.25, 0.3) is 0 Å². The van der Waals surface area contributed by atoms with Crippen molar-refractivity contribution in [3.8, 4) is 0 Å². The lowest BCUT2D eigenvalue weighted by molar-refractivity contribution is 0.121.